The number of para-hydroxylation sites is 1. The van der Waals surface area contributed by atoms with Crippen LogP contribution in [0.3, 0.4) is 0 Å². The molecule has 0 radical (unpaired) electrons. The molecule has 3 heterocycles. The number of likely N-dealkylation sites (tertiary alicyclic amines) is 1. The zero-order valence-electron chi connectivity index (χ0n) is 16.9. The first-order chi connectivity index (χ1) is 14.5. The normalized spacial score (nSPS) is 20.8. The minimum absolute atomic E-state index is 0.0941. The van der Waals surface area contributed by atoms with Gasteiger partial charge in [0.15, 0.2) is 0 Å². The quantitative estimate of drug-likeness (QED) is 0.779. The van der Waals surface area contributed by atoms with Crippen LogP contribution in [0.4, 0.5) is 0 Å². The number of hydrogen-bond donors (Lipinski definition) is 1. The van der Waals surface area contributed by atoms with E-state index in [1.54, 1.807) is 48.5 Å². The Morgan fingerprint density at radius 3 is 2.73 bits per heavy atom. The molecule has 1 N–H and O–H groups in total. The third kappa shape index (κ3) is 3.94. The highest BCUT2D eigenvalue weighted by molar-refractivity contribution is 7.89. The molecule has 0 unspecified atom stereocenters. The van der Waals surface area contributed by atoms with Crippen molar-refractivity contribution in [3.63, 3.8) is 0 Å². The molecule has 1 saturated heterocycles. The molecule has 1 aromatic carbocycles. The molecule has 0 aliphatic carbocycles. The molecule has 0 atom stereocenters. The number of fused-ring (bicyclic) bond motifs is 1. The molecule has 0 bridgehead atoms. The Balaban J connectivity index is 1.58. The Labute approximate surface area is 176 Å². The third-order valence-corrected chi connectivity index (χ3v) is 7.78. The van der Waals surface area contributed by atoms with Crippen molar-refractivity contribution in [2.24, 2.45) is 5.41 Å². The van der Waals surface area contributed by atoms with E-state index in [9.17, 15) is 13.2 Å². The molecule has 9 nitrogen and oxygen atoms in total. The maximum atomic E-state index is 13.4. The van der Waals surface area contributed by atoms with Gasteiger partial charge >= 0.3 is 0 Å². The molecule has 2 aliphatic heterocycles. The summed E-state index contributed by atoms with van der Waals surface area (Å²) in [5.74, 6) is 0.276. The predicted molar refractivity (Wildman–Crippen MR) is 109 cm³/mol. The molecule has 30 heavy (non-hydrogen) atoms. The van der Waals surface area contributed by atoms with Crippen LogP contribution in [0.5, 0.6) is 5.75 Å². The number of H-pyrrole nitrogens is 1. The van der Waals surface area contributed by atoms with Crippen molar-refractivity contribution in [3.8, 4) is 5.75 Å². The van der Waals surface area contributed by atoms with Gasteiger partial charge in [0, 0.05) is 44.9 Å². The number of methoxy groups -OCH3 is 1. The minimum atomic E-state index is -3.72. The number of nitrogens with zero attached hydrogens (tertiary/aromatic N) is 3. The number of sulfonamides is 1. The molecular formula is C20H26N4O5S. The molecule has 1 amide bonds. The molecule has 10 heteroatoms. The van der Waals surface area contributed by atoms with Gasteiger partial charge in [-0.05, 0) is 31.0 Å². The lowest BCUT2D eigenvalue weighted by molar-refractivity contribution is 0.0273. The van der Waals surface area contributed by atoms with Gasteiger partial charge in [-0.25, -0.2) is 8.42 Å². The van der Waals surface area contributed by atoms with Crippen LogP contribution in [-0.4, -0.2) is 80.2 Å². The Morgan fingerprint density at radius 1 is 1.27 bits per heavy atom. The van der Waals surface area contributed by atoms with Gasteiger partial charge in [0.25, 0.3) is 5.91 Å². The molecule has 4 rings (SSSR count). The number of ether oxygens (including phenoxy) is 2. The zero-order chi connectivity index (χ0) is 21.2. The van der Waals surface area contributed by atoms with Gasteiger partial charge < -0.3 is 14.4 Å². The standard InChI is InChI=1S/C20H26N4O5S/c1-28-13-12-24-14-20(15-29-17-4-2-3-5-18(17)30(24,26)27)7-10-23(11-8-20)19(25)16-6-9-21-22-16/h2-6,9H,7-8,10-15H2,1H3,(H,21,22). The Kier molecular flexibility index (Phi) is 5.81. The first-order valence-electron chi connectivity index (χ1n) is 9.95. The summed E-state index contributed by atoms with van der Waals surface area (Å²) in [7, 11) is -2.16. The smallest absolute Gasteiger partial charge is 0.271 e. The molecule has 1 spiro atoms. The number of carbonyl (C=O) groups is 1. The second-order valence-electron chi connectivity index (χ2n) is 7.83. The fourth-order valence-electron chi connectivity index (χ4n) is 4.08. The van der Waals surface area contributed by atoms with Crippen LogP contribution in [0.15, 0.2) is 41.4 Å². The zero-order valence-corrected chi connectivity index (χ0v) is 17.7. The van der Waals surface area contributed by atoms with Crippen LogP contribution in [-0.2, 0) is 14.8 Å². The molecule has 2 aliphatic rings. The van der Waals surface area contributed by atoms with E-state index >= 15 is 0 Å². The van der Waals surface area contributed by atoms with E-state index in [0.29, 0.717) is 57.1 Å². The van der Waals surface area contributed by atoms with Gasteiger partial charge in [0.1, 0.15) is 16.3 Å². The van der Waals surface area contributed by atoms with Crippen molar-refractivity contribution < 1.29 is 22.7 Å². The largest absolute Gasteiger partial charge is 0.492 e. The first kappa shape index (κ1) is 20.8. The summed E-state index contributed by atoms with van der Waals surface area (Å²) in [6, 6.07) is 8.39. The van der Waals surface area contributed by atoms with E-state index < -0.39 is 10.0 Å². The van der Waals surface area contributed by atoms with Crippen molar-refractivity contribution in [1.29, 1.82) is 0 Å². The highest BCUT2D eigenvalue weighted by atomic mass is 32.2. The van der Waals surface area contributed by atoms with Crippen molar-refractivity contribution >= 4 is 15.9 Å². The fraction of sp³-hybridized carbons (Fsp3) is 0.500. The van der Waals surface area contributed by atoms with Crippen LogP contribution in [0.1, 0.15) is 23.3 Å². The molecule has 1 fully saturated rings. The average Bonchev–Trinajstić information content (AvgIpc) is 3.30. The van der Waals surface area contributed by atoms with Crippen LogP contribution in [0.25, 0.3) is 0 Å². The summed E-state index contributed by atoms with van der Waals surface area (Å²) < 4.78 is 39.4. The van der Waals surface area contributed by atoms with E-state index in [4.69, 9.17) is 9.47 Å². The monoisotopic (exact) mass is 434 g/mol. The molecule has 1 aromatic heterocycles. The third-order valence-electron chi connectivity index (χ3n) is 5.90. The van der Waals surface area contributed by atoms with Crippen molar-refractivity contribution in [1.82, 2.24) is 19.4 Å². The summed E-state index contributed by atoms with van der Waals surface area (Å²) in [6.45, 7) is 2.37. The van der Waals surface area contributed by atoms with Gasteiger partial charge in [-0.1, -0.05) is 12.1 Å². The average molecular weight is 435 g/mol. The lowest BCUT2D eigenvalue weighted by atomic mass is 9.78. The number of aromatic nitrogens is 2. The van der Waals surface area contributed by atoms with Gasteiger partial charge in [-0.3, -0.25) is 9.89 Å². The summed E-state index contributed by atoms with van der Waals surface area (Å²) in [5.41, 5.74) is 0.0807. The van der Waals surface area contributed by atoms with E-state index in [1.807, 2.05) is 0 Å². The van der Waals surface area contributed by atoms with Crippen molar-refractivity contribution in [3.05, 3.63) is 42.2 Å². The Morgan fingerprint density at radius 2 is 2.03 bits per heavy atom. The molecular weight excluding hydrogens is 408 g/mol. The number of benzene rings is 1. The molecule has 0 saturated carbocycles. The number of rotatable bonds is 4. The van der Waals surface area contributed by atoms with Gasteiger partial charge in [-0.15, -0.1) is 0 Å². The molecule has 162 valence electrons. The topological polar surface area (TPSA) is 105 Å². The number of aromatic amines is 1. The second kappa shape index (κ2) is 8.37. The lowest BCUT2D eigenvalue weighted by Crippen LogP contribution is -2.53. The van der Waals surface area contributed by atoms with E-state index in [1.165, 1.54) is 4.31 Å². The highest BCUT2D eigenvalue weighted by Gasteiger charge is 2.43. The number of nitrogens with one attached hydrogen (secondary N) is 1. The summed E-state index contributed by atoms with van der Waals surface area (Å²) in [6.07, 6.45) is 2.85. The van der Waals surface area contributed by atoms with Gasteiger partial charge in [0.2, 0.25) is 10.0 Å². The van der Waals surface area contributed by atoms with E-state index in [0.717, 1.165) is 0 Å². The maximum absolute atomic E-state index is 13.4. The summed E-state index contributed by atoms with van der Waals surface area (Å²) >= 11 is 0. The maximum Gasteiger partial charge on any atom is 0.271 e. The van der Waals surface area contributed by atoms with Crippen LogP contribution in [0.2, 0.25) is 0 Å². The van der Waals surface area contributed by atoms with Crippen LogP contribution < -0.4 is 4.74 Å². The van der Waals surface area contributed by atoms with Crippen LogP contribution >= 0.6 is 0 Å². The lowest BCUT2D eigenvalue weighted by Gasteiger charge is -2.44. The van der Waals surface area contributed by atoms with Crippen molar-refractivity contribution in [2.75, 3.05) is 46.5 Å². The minimum Gasteiger partial charge on any atom is -0.492 e. The number of hydrogen-bond acceptors (Lipinski definition) is 6. The number of piperidine rings is 1. The first-order valence-corrected chi connectivity index (χ1v) is 11.4. The Bertz CT molecular complexity index is 984. The van der Waals surface area contributed by atoms with E-state index in [2.05, 4.69) is 10.2 Å². The molecule has 2 aromatic rings. The second-order valence-corrected chi connectivity index (χ2v) is 9.74. The predicted octanol–water partition coefficient (Wildman–Crippen LogP) is 1.36. The van der Waals surface area contributed by atoms with Crippen LogP contribution in [0, 0.1) is 5.41 Å². The SMILES string of the molecule is COCCN1CC2(CCN(C(=O)c3ccn[nH]3)CC2)COc2ccccc2S1(=O)=O. The highest BCUT2D eigenvalue weighted by Crippen LogP contribution is 2.39. The van der Waals surface area contributed by atoms with Crippen molar-refractivity contribution in [2.45, 2.75) is 17.7 Å². The fourth-order valence-corrected chi connectivity index (χ4v) is 5.75. The van der Waals surface area contributed by atoms with Gasteiger partial charge in [0.05, 0.1) is 13.2 Å². The number of amides is 1. The summed E-state index contributed by atoms with van der Waals surface area (Å²) in [4.78, 5) is 14.6. The summed E-state index contributed by atoms with van der Waals surface area (Å²) in [5, 5.41) is 6.55. The Hall–Kier alpha value is -2.43. The van der Waals surface area contributed by atoms with Gasteiger partial charge in [-0.2, -0.15) is 9.40 Å². The number of carbonyl (C=O) groups excluding carboxylic acids is 1. The van der Waals surface area contributed by atoms with E-state index in [-0.39, 0.29) is 22.8 Å².